The minimum atomic E-state index is -0.665. The fourth-order valence-corrected chi connectivity index (χ4v) is 5.60. The molecule has 1 atom stereocenters. The van der Waals surface area contributed by atoms with Crippen molar-refractivity contribution in [2.75, 3.05) is 5.73 Å². The highest BCUT2D eigenvalue weighted by Gasteiger charge is 2.28. The van der Waals surface area contributed by atoms with Crippen LogP contribution in [0.25, 0.3) is 38.4 Å². The van der Waals surface area contributed by atoms with Crippen LogP contribution in [0.1, 0.15) is 44.4 Å². The number of thiazole rings is 1. The molecule has 0 fully saturated rings. The Morgan fingerprint density at radius 2 is 1.85 bits per heavy atom. The lowest BCUT2D eigenvalue weighted by Gasteiger charge is -2.18. The molecule has 0 aliphatic rings. The first-order valence-electron chi connectivity index (χ1n) is 12.5. The third kappa shape index (κ3) is 4.20. The van der Waals surface area contributed by atoms with Gasteiger partial charge in [0.05, 0.1) is 32.6 Å². The van der Waals surface area contributed by atoms with E-state index in [4.69, 9.17) is 15.8 Å². The zero-order valence-electron chi connectivity index (χ0n) is 22.1. The van der Waals surface area contributed by atoms with Crippen molar-refractivity contribution in [1.82, 2.24) is 34.1 Å². The number of anilines is 1. The predicted octanol–water partition coefficient (Wildman–Crippen LogP) is 5.39. The second kappa shape index (κ2) is 9.26. The summed E-state index contributed by atoms with van der Waals surface area (Å²) in [6.45, 7) is 8.05. The smallest absolute Gasteiger partial charge is 0.266 e. The van der Waals surface area contributed by atoms with Gasteiger partial charge in [-0.05, 0) is 36.8 Å². The van der Waals surface area contributed by atoms with Crippen molar-refractivity contribution in [2.45, 2.75) is 39.2 Å². The first kappa shape index (κ1) is 25.7. The van der Waals surface area contributed by atoms with E-state index in [1.54, 1.807) is 16.9 Å². The van der Waals surface area contributed by atoms with Crippen molar-refractivity contribution < 1.29 is 8.78 Å². The number of hydrogen-bond acceptors (Lipinski definition) is 8. The highest BCUT2D eigenvalue weighted by atomic mass is 32.1. The van der Waals surface area contributed by atoms with E-state index in [-0.39, 0.29) is 22.4 Å². The minimum Gasteiger partial charge on any atom is -0.383 e. The average molecular weight is 559 g/mol. The van der Waals surface area contributed by atoms with Crippen molar-refractivity contribution >= 4 is 33.8 Å². The third-order valence-corrected chi connectivity index (χ3v) is 8.02. The van der Waals surface area contributed by atoms with Crippen LogP contribution in [0.15, 0.2) is 59.9 Å². The normalized spacial score (nSPS) is 12.8. The molecular weight excluding hydrogens is 534 g/mol. The fourth-order valence-electron chi connectivity index (χ4n) is 4.63. The Hall–Kier alpha value is -4.58. The summed E-state index contributed by atoms with van der Waals surface area (Å²) in [6.07, 6.45) is 4.16. The number of aromatic nitrogens is 7. The topological polar surface area (TPSA) is 117 Å². The summed E-state index contributed by atoms with van der Waals surface area (Å²) in [6, 6.07) is 7.63. The van der Waals surface area contributed by atoms with Gasteiger partial charge in [-0.3, -0.25) is 9.20 Å². The average Bonchev–Trinajstić information content (AvgIpc) is 3.55. The van der Waals surface area contributed by atoms with Gasteiger partial charge in [0.15, 0.2) is 5.65 Å². The van der Waals surface area contributed by atoms with E-state index in [0.717, 1.165) is 20.5 Å². The molecule has 0 saturated heterocycles. The predicted molar refractivity (Wildman–Crippen MR) is 150 cm³/mol. The maximum absolute atomic E-state index is 14.3. The molecule has 40 heavy (non-hydrogen) atoms. The Morgan fingerprint density at radius 3 is 2.58 bits per heavy atom. The monoisotopic (exact) mass is 558 g/mol. The fraction of sp³-hybridized carbons (Fsp3) is 0.214. The molecule has 202 valence electrons. The molecule has 12 heteroatoms. The lowest BCUT2D eigenvalue weighted by Crippen LogP contribution is -2.23. The second-order valence-electron chi connectivity index (χ2n) is 10.5. The molecule has 2 N–H and O–H groups in total. The number of nitrogens with zero attached hydrogens (tertiary/aromatic N) is 7. The van der Waals surface area contributed by atoms with Crippen LogP contribution >= 0.6 is 11.3 Å². The first-order valence-corrected chi connectivity index (χ1v) is 13.3. The summed E-state index contributed by atoms with van der Waals surface area (Å²) < 4.78 is 31.1. The summed E-state index contributed by atoms with van der Waals surface area (Å²) in [5.41, 5.74) is 7.59. The van der Waals surface area contributed by atoms with Gasteiger partial charge in [0.2, 0.25) is 0 Å². The van der Waals surface area contributed by atoms with Gasteiger partial charge in [0, 0.05) is 17.8 Å². The van der Waals surface area contributed by atoms with E-state index in [9.17, 15) is 13.6 Å². The van der Waals surface area contributed by atoms with Gasteiger partial charge in [-0.15, -0.1) is 11.3 Å². The van der Waals surface area contributed by atoms with Gasteiger partial charge >= 0.3 is 0 Å². The van der Waals surface area contributed by atoms with Crippen LogP contribution in [0, 0.1) is 11.6 Å². The first-order chi connectivity index (χ1) is 19.0. The molecule has 0 aliphatic carbocycles. The van der Waals surface area contributed by atoms with Crippen molar-refractivity contribution in [2.24, 2.45) is 0 Å². The standard InChI is InChI=1S/C28H24F2N8OS/c1-14(22-20(15-6-5-7-16(29)10-15)26(39)37-12-17(30)8-9-19(37)35-22)38-25-21(24(31)33-13-34-25)23(36-38)18-11-32-27(40-18)28(2,3)4/h5-14H,1-4H3,(H2,31,33,34)/t14-/m0/s1. The SMILES string of the molecule is C[C@@H](c1nc2ccc(F)cn2c(=O)c1-c1cccc(F)c1)n1nc(-c2cnc(C(C)(C)C)s2)c2c(N)ncnc21. The van der Waals surface area contributed by atoms with Crippen LogP contribution in [-0.4, -0.2) is 34.1 Å². The summed E-state index contributed by atoms with van der Waals surface area (Å²) in [7, 11) is 0. The quantitative estimate of drug-likeness (QED) is 0.308. The third-order valence-electron chi connectivity index (χ3n) is 6.59. The summed E-state index contributed by atoms with van der Waals surface area (Å²) in [5, 5.41) is 6.37. The Bertz CT molecular complexity index is 1990. The van der Waals surface area contributed by atoms with Crippen molar-refractivity contribution in [3.63, 3.8) is 0 Å². The molecule has 0 spiro atoms. The lowest BCUT2D eigenvalue weighted by molar-refractivity contribution is 0.566. The Morgan fingerprint density at radius 1 is 1.05 bits per heavy atom. The second-order valence-corrected chi connectivity index (χ2v) is 11.5. The van der Waals surface area contributed by atoms with E-state index in [0.29, 0.717) is 28.0 Å². The number of pyridine rings is 1. The maximum atomic E-state index is 14.3. The Labute approximate surface area is 231 Å². The number of rotatable bonds is 4. The van der Waals surface area contributed by atoms with Gasteiger partial charge in [-0.1, -0.05) is 32.9 Å². The van der Waals surface area contributed by atoms with E-state index < -0.39 is 23.2 Å². The van der Waals surface area contributed by atoms with Gasteiger partial charge < -0.3 is 5.73 Å². The molecule has 0 radical (unpaired) electrons. The van der Waals surface area contributed by atoms with Crippen LogP contribution < -0.4 is 11.3 Å². The van der Waals surface area contributed by atoms with E-state index in [1.807, 2.05) is 6.92 Å². The number of hydrogen-bond donors (Lipinski definition) is 1. The Balaban J connectivity index is 1.62. The van der Waals surface area contributed by atoms with Gasteiger partial charge in [-0.2, -0.15) is 5.10 Å². The molecule has 0 unspecified atom stereocenters. The van der Waals surface area contributed by atoms with Crippen LogP contribution in [0.3, 0.4) is 0 Å². The van der Waals surface area contributed by atoms with E-state index >= 15 is 0 Å². The van der Waals surface area contributed by atoms with Crippen molar-refractivity contribution in [1.29, 1.82) is 0 Å². The largest absolute Gasteiger partial charge is 0.383 e. The highest BCUT2D eigenvalue weighted by Crippen LogP contribution is 2.38. The zero-order chi connectivity index (χ0) is 28.3. The molecule has 0 amide bonds. The van der Waals surface area contributed by atoms with Gasteiger partial charge in [-0.25, -0.2) is 33.4 Å². The van der Waals surface area contributed by atoms with E-state index in [1.165, 1.54) is 48.0 Å². The molecule has 5 heterocycles. The van der Waals surface area contributed by atoms with Crippen molar-refractivity contribution in [3.05, 3.63) is 87.8 Å². The Kier molecular flexibility index (Phi) is 5.95. The van der Waals surface area contributed by atoms with E-state index in [2.05, 4.69) is 35.7 Å². The number of nitrogen functional groups attached to an aromatic ring is 1. The maximum Gasteiger partial charge on any atom is 0.266 e. The lowest BCUT2D eigenvalue weighted by atomic mass is 9.98. The van der Waals surface area contributed by atoms with Gasteiger partial charge in [0.25, 0.3) is 5.56 Å². The van der Waals surface area contributed by atoms with Crippen LogP contribution in [0.2, 0.25) is 0 Å². The molecule has 1 aromatic carbocycles. The van der Waals surface area contributed by atoms with Crippen LogP contribution in [0.5, 0.6) is 0 Å². The minimum absolute atomic E-state index is 0.120. The molecule has 9 nitrogen and oxygen atoms in total. The summed E-state index contributed by atoms with van der Waals surface area (Å²) in [4.78, 5) is 32.5. The number of fused-ring (bicyclic) bond motifs is 2. The highest BCUT2D eigenvalue weighted by molar-refractivity contribution is 7.15. The van der Waals surface area contributed by atoms with Crippen molar-refractivity contribution in [3.8, 4) is 21.7 Å². The number of nitrogens with two attached hydrogens (primary N) is 1. The summed E-state index contributed by atoms with van der Waals surface area (Å²) >= 11 is 1.50. The molecule has 6 aromatic rings. The molecule has 6 rings (SSSR count). The molecular formula is C28H24F2N8OS. The zero-order valence-corrected chi connectivity index (χ0v) is 22.9. The number of halogens is 2. The summed E-state index contributed by atoms with van der Waals surface area (Å²) in [5.74, 6) is -0.875. The number of benzene rings is 1. The molecule has 5 aromatic heterocycles. The van der Waals surface area contributed by atoms with Gasteiger partial charge in [0.1, 0.15) is 35.1 Å². The van der Waals surface area contributed by atoms with Crippen LogP contribution in [0.4, 0.5) is 14.6 Å². The molecule has 0 bridgehead atoms. The molecule has 0 aliphatic heterocycles. The van der Waals surface area contributed by atoms with Crippen LogP contribution in [-0.2, 0) is 5.41 Å². The molecule has 0 saturated carbocycles.